The van der Waals surface area contributed by atoms with E-state index in [1.54, 1.807) is 0 Å². The summed E-state index contributed by atoms with van der Waals surface area (Å²) in [5.41, 5.74) is 3.61. The molecular weight excluding hydrogens is 262 g/mol. The highest BCUT2D eigenvalue weighted by Crippen LogP contribution is 2.36. The van der Waals surface area contributed by atoms with Crippen LogP contribution in [0.15, 0.2) is 22.9 Å². The Morgan fingerprint density at radius 1 is 1.29 bits per heavy atom. The average Bonchev–Trinajstić information content (AvgIpc) is 2.88. The summed E-state index contributed by atoms with van der Waals surface area (Å²) in [6.07, 6.45) is 8.44. The maximum Gasteiger partial charge on any atom is 0.227 e. The molecule has 0 saturated carbocycles. The average molecular weight is 289 g/mol. The minimum absolute atomic E-state index is 0.0332. The van der Waals surface area contributed by atoms with Crippen LogP contribution in [0.5, 0.6) is 0 Å². The third kappa shape index (κ3) is 3.63. The van der Waals surface area contributed by atoms with Crippen LogP contribution in [0.3, 0.4) is 0 Å². The summed E-state index contributed by atoms with van der Waals surface area (Å²) in [5.74, 6) is 0.532. The molecule has 1 amide bonds. The van der Waals surface area contributed by atoms with Gasteiger partial charge < -0.3 is 4.90 Å². The Kier molecular flexibility index (Phi) is 5.38. The first kappa shape index (κ1) is 16.0. The fraction of sp³-hybridized carbons (Fsp3) is 0.667. The van der Waals surface area contributed by atoms with Crippen LogP contribution in [0.4, 0.5) is 0 Å². The highest BCUT2D eigenvalue weighted by atomic mass is 16.2. The number of hydrogen-bond donors (Lipinski definition) is 0. The van der Waals surface area contributed by atoms with Gasteiger partial charge in [-0.05, 0) is 37.3 Å². The zero-order valence-electron chi connectivity index (χ0n) is 13.6. The number of nitrogens with zero attached hydrogens (tertiary/aromatic N) is 1. The lowest BCUT2D eigenvalue weighted by atomic mass is 9.94. The number of allylic oxidation sites excluding steroid dienone is 3. The Morgan fingerprint density at radius 2 is 2.05 bits per heavy atom. The fourth-order valence-corrected chi connectivity index (χ4v) is 3.27. The summed E-state index contributed by atoms with van der Waals surface area (Å²) in [7, 11) is 0. The molecule has 3 heteroatoms. The summed E-state index contributed by atoms with van der Waals surface area (Å²) in [6, 6.07) is 0. The van der Waals surface area contributed by atoms with Crippen molar-refractivity contribution in [1.82, 2.24) is 4.90 Å². The highest BCUT2D eigenvalue weighted by molar-refractivity contribution is 5.84. The van der Waals surface area contributed by atoms with E-state index in [4.69, 9.17) is 0 Å². The van der Waals surface area contributed by atoms with Crippen molar-refractivity contribution >= 4 is 11.7 Å². The van der Waals surface area contributed by atoms with Crippen LogP contribution in [0, 0.1) is 5.92 Å². The third-order valence-electron chi connectivity index (χ3n) is 4.58. The number of rotatable bonds is 6. The SMILES string of the molecule is CCCCCC(=O)C(C)/C=C1/CCN2C(=O)CCC(C)=C12. The van der Waals surface area contributed by atoms with Crippen LogP contribution >= 0.6 is 0 Å². The predicted molar refractivity (Wildman–Crippen MR) is 84.7 cm³/mol. The van der Waals surface area contributed by atoms with E-state index in [-0.39, 0.29) is 11.8 Å². The summed E-state index contributed by atoms with van der Waals surface area (Å²) < 4.78 is 0. The van der Waals surface area contributed by atoms with Gasteiger partial charge in [0.05, 0.1) is 0 Å². The number of Topliss-reactive ketones (excluding diaryl/α,β-unsaturated/α-hetero) is 1. The number of hydrogen-bond acceptors (Lipinski definition) is 2. The minimum atomic E-state index is -0.0332. The van der Waals surface area contributed by atoms with Crippen LogP contribution in [0.25, 0.3) is 0 Å². The van der Waals surface area contributed by atoms with E-state index in [1.165, 1.54) is 11.1 Å². The van der Waals surface area contributed by atoms with Crippen molar-refractivity contribution in [3.63, 3.8) is 0 Å². The van der Waals surface area contributed by atoms with Gasteiger partial charge in [-0.25, -0.2) is 0 Å². The molecule has 1 fully saturated rings. The molecule has 0 aromatic carbocycles. The van der Waals surface area contributed by atoms with Gasteiger partial charge in [-0.3, -0.25) is 9.59 Å². The van der Waals surface area contributed by atoms with Crippen molar-refractivity contribution < 1.29 is 9.59 Å². The lowest BCUT2D eigenvalue weighted by Crippen LogP contribution is -2.30. The van der Waals surface area contributed by atoms with Crippen molar-refractivity contribution in [2.75, 3.05) is 6.54 Å². The molecule has 0 radical (unpaired) electrons. The molecule has 0 bridgehead atoms. The molecule has 2 heterocycles. The first-order valence-electron chi connectivity index (χ1n) is 8.28. The highest BCUT2D eigenvalue weighted by Gasteiger charge is 2.32. The quantitative estimate of drug-likeness (QED) is 0.693. The van der Waals surface area contributed by atoms with Crippen molar-refractivity contribution in [2.45, 2.75) is 65.7 Å². The molecule has 1 saturated heterocycles. The van der Waals surface area contributed by atoms with Gasteiger partial charge in [0.25, 0.3) is 0 Å². The van der Waals surface area contributed by atoms with Gasteiger partial charge in [0.2, 0.25) is 5.91 Å². The number of unbranched alkanes of at least 4 members (excludes halogenated alkanes) is 2. The smallest absolute Gasteiger partial charge is 0.227 e. The zero-order chi connectivity index (χ0) is 15.4. The molecule has 0 aromatic heterocycles. The van der Waals surface area contributed by atoms with Gasteiger partial charge in [0.1, 0.15) is 5.78 Å². The topological polar surface area (TPSA) is 37.4 Å². The van der Waals surface area contributed by atoms with Crippen LogP contribution in [0.2, 0.25) is 0 Å². The van der Waals surface area contributed by atoms with Gasteiger partial charge in [0, 0.05) is 31.0 Å². The lowest BCUT2D eigenvalue weighted by Gasteiger charge is -2.25. The van der Waals surface area contributed by atoms with Crippen molar-refractivity contribution in [3.05, 3.63) is 22.9 Å². The van der Waals surface area contributed by atoms with Gasteiger partial charge in [0.15, 0.2) is 0 Å². The molecule has 2 rings (SSSR count). The molecule has 21 heavy (non-hydrogen) atoms. The van der Waals surface area contributed by atoms with Crippen LogP contribution in [-0.2, 0) is 9.59 Å². The van der Waals surface area contributed by atoms with Gasteiger partial charge in [-0.1, -0.05) is 32.8 Å². The van der Waals surface area contributed by atoms with E-state index in [0.717, 1.165) is 44.3 Å². The van der Waals surface area contributed by atoms with E-state index in [1.807, 2.05) is 11.8 Å². The van der Waals surface area contributed by atoms with Gasteiger partial charge in [-0.15, -0.1) is 0 Å². The lowest BCUT2D eigenvalue weighted by molar-refractivity contribution is -0.129. The summed E-state index contributed by atoms with van der Waals surface area (Å²) in [5, 5.41) is 0. The zero-order valence-corrected chi connectivity index (χ0v) is 13.6. The summed E-state index contributed by atoms with van der Waals surface area (Å²) in [6.45, 7) is 7.04. The predicted octanol–water partition coefficient (Wildman–Crippen LogP) is 4.00. The van der Waals surface area contributed by atoms with E-state index < -0.39 is 0 Å². The van der Waals surface area contributed by atoms with Crippen molar-refractivity contribution in [3.8, 4) is 0 Å². The van der Waals surface area contributed by atoms with E-state index in [2.05, 4.69) is 19.9 Å². The van der Waals surface area contributed by atoms with Crippen LogP contribution in [-0.4, -0.2) is 23.1 Å². The molecule has 0 aromatic rings. The largest absolute Gasteiger partial charge is 0.312 e. The number of fused-ring (bicyclic) bond motifs is 1. The van der Waals surface area contributed by atoms with Gasteiger partial charge in [-0.2, -0.15) is 0 Å². The molecule has 0 N–H and O–H groups in total. The number of carbonyl (C=O) groups excluding carboxylic acids is 2. The maximum atomic E-state index is 12.2. The second-order valence-corrected chi connectivity index (χ2v) is 6.33. The Hall–Kier alpha value is -1.38. The Balaban J connectivity index is 2.07. The fourth-order valence-electron chi connectivity index (χ4n) is 3.27. The summed E-state index contributed by atoms with van der Waals surface area (Å²) >= 11 is 0. The minimum Gasteiger partial charge on any atom is -0.312 e. The maximum absolute atomic E-state index is 12.2. The molecular formula is C18H27NO2. The number of ketones is 1. The van der Waals surface area contributed by atoms with E-state index in [0.29, 0.717) is 18.6 Å². The molecule has 1 atom stereocenters. The van der Waals surface area contributed by atoms with Crippen molar-refractivity contribution in [1.29, 1.82) is 0 Å². The standard InChI is InChI=1S/C18H27NO2/c1-4-5-6-7-16(20)14(3)12-15-10-11-19-17(21)9-8-13(2)18(15)19/h12,14H,4-11H2,1-3H3/b15-12-. The van der Waals surface area contributed by atoms with E-state index in [9.17, 15) is 9.59 Å². The molecule has 3 nitrogen and oxygen atoms in total. The molecule has 2 aliphatic heterocycles. The first-order chi connectivity index (χ1) is 10.0. The number of amides is 1. The van der Waals surface area contributed by atoms with Crippen LogP contribution in [0.1, 0.15) is 65.7 Å². The number of carbonyl (C=O) groups is 2. The Morgan fingerprint density at radius 3 is 2.76 bits per heavy atom. The summed E-state index contributed by atoms with van der Waals surface area (Å²) in [4.78, 5) is 26.0. The normalized spacial score (nSPS) is 22.0. The second-order valence-electron chi connectivity index (χ2n) is 6.33. The second kappa shape index (κ2) is 7.06. The molecule has 116 valence electrons. The molecule has 0 aliphatic carbocycles. The third-order valence-corrected chi connectivity index (χ3v) is 4.58. The molecule has 0 spiro atoms. The van der Waals surface area contributed by atoms with Crippen LogP contribution < -0.4 is 0 Å². The van der Waals surface area contributed by atoms with E-state index >= 15 is 0 Å². The van der Waals surface area contributed by atoms with Gasteiger partial charge >= 0.3 is 0 Å². The van der Waals surface area contributed by atoms with Crippen molar-refractivity contribution in [2.24, 2.45) is 5.92 Å². The molecule has 2 aliphatic rings. The Bertz CT molecular complexity index is 487. The molecule has 1 unspecified atom stereocenters. The first-order valence-corrected chi connectivity index (χ1v) is 8.28. The monoisotopic (exact) mass is 289 g/mol. The Labute approximate surface area is 128 Å².